The molecule has 0 spiro atoms. The van der Waals surface area contributed by atoms with E-state index in [9.17, 15) is 9.59 Å². The number of aromatic nitrogens is 3. The van der Waals surface area contributed by atoms with Crippen LogP contribution in [0.3, 0.4) is 0 Å². The van der Waals surface area contributed by atoms with Crippen molar-refractivity contribution in [3.8, 4) is 0 Å². The van der Waals surface area contributed by atoms with Gasteiger partial charge in [-0.15, -0.1) is 5.10 Å². The zero-order valence-electron chi connectivity index (χ0n) is 11.6. The average molecular weight is 280 g/mol. The lowest BCUT2D eigenvalue weighted by atomic mass is 10.1. The Kier molecular flexibility index (Phi) is 4.67. The number of nitrogens with zero attached hydrogens (tertiary/aromatic N) is 4. The number of nitrogens with two attached hydrogens (primary N) is 1. The Hall–Kier alpha value is -1.96. The predicted octanol–water partition coefficient (Wildman–Crippen LogP) is -0.850. The first kappa shape index (κ1) is 14.4. The normalized spacial score (nSPS) is 16.1. The van der Waals surface area contributed by atoms with Crippen molar-refractivity contribution in [2.75, 3.05) is 26.2 Å². The van der Waals surface area contributed by atoms with E-state index in [2.05, 4.69) is 15.6 Å². The van der Waals surface area contributed by atoms with Crippen LogP contribution in [0.25, 0.3) is 0 Å². The summed E-state index contributed by atoms with van der Waals surface area (Å²) >= 11 is 0. The van der Waals surface area contributed by atoms with Gasteiger partial charge in [-0.05, 0) is 32.9 Å². The van der Waals surface area contributed by atoms with E-state index in [4.69, 9.17) is 5.73 Å². The second-order valence-electron chi connectivity index (χ2n) is 4.85. The summed E-state index contributed by atoms with van der Waals surface area (Å²) in [4.78, 5) is 24.5. The number of primary amides is 1. The molecule has 0 bridgehead atoms. The van der Waals surface area contributed by atoms with Crippen LogP contribution >= 0.6 is 0 Å². The monoisotopic (exact) mass is 280 g/mol. The molecular weight excluding hydrogens is 260 g/mol. The third kappa shape index (κ3) is 3.32. The van der Waals surface area contributed by atoms with E-state index in [1.165, 1.54) is 4.90 Å². The summed E-state index contributed by atoms with van der Waals surface area (Å²) in [5.74, 6) is -0.850. The number of likely N-dealkylation sites (N-methyl/N-ethyl adjacent to an activating group) is 1. The SMILES string of the molecule is CCN(CC(N)=O)C(=O)c1cn(C2CCNCC2)nn1. The Morgan fingerprint density at radius 2 is 2.20 bits per heavy atom. The number of carbonyl (C=O) groups excluding carboxylic acids is 2. The highest BCUT2D eigenvalue weighted by Crippen LogP contribution is 2.17. The van der Waals surface area contributed by atoms with Gasteiger partial charge in [0.15, 0.2) is 5.69 Å². The Balaban J connectivity index is 2.06. The number of piperidine rings is 1. The predicted molar refractivity (Wildman–Crippen MR) is 71.9 cm³/mol. The molecule has 20 heavy (non-hydrogen) atoms. The van der Waals surface area contributed by atoms with Crippen molar-refractivity contribution in [2.24, 2.45) is 5.73 Å². The minimum absolute atomic E-state index is 0.102. The highest BCUT2D eigenvalue weighted by Gasteiger charge is 2.22. The number of rotatable bonds is 5. The first-order valence-electron chi connectivity index (χ1n) is 6.82. The van der Waals surface area contributed by atoms with Crippen molar-refractivity contribution in [1.82, 2.24) is 25.2 Å². The van der Waals surface area contributed by atoms with Crippen LogP contribution in [-0.2, 0) is 4.79 Å². The van der Waals surface area contributed by atoms with Crippen LogP contribution in [0.15, 0.2) is 6.20 Å². The van der Waals surface area contributed by atoms with Crippen molar-refractivity contribution in [1.29, 1.82) is 0 Å². The summed E-state index contributed by atoms with van der Waals surface area (Å²) in [6.45, 7) is 3.97. The van der Waals surface area contributed by atoms with Crippen LogP contribution in [0.4, 0.5) is 0 Å². The zero-order valence-corrected chi connectivity index (χ0v) is 11.6. The fourth-order valence-corrected chi connectivity index (χ4v) is 2.30. The van der Waals surface area contributed by atoms with Gasteiger partial charge in [-0.1, -0.05) is 5.21 Å². The molecule has 0 aromatic carbocycles. The Morgan fingerprint density at radius 3 is 2.80 bits per heavy atom. The van der Waals surface area contributed by atoms with Crippen LogP contribution in [-0.4, -0.2) is 57.9 Å². The number of nitrogens with one attached hydrogen (secondary N) is 1. The molecule has 0 unspecified atom stereocenters. The van der Waals surface area contributed by atoms with Gasteiger partial charge in [-0.3, -0.25) is 9.59 Å². The molecule has 1 aliphatic heterocycles. The number of hydrogen-bond donors (Lipinski definition) is 2. The molecule has 8 nitrogen and oxygen atoms in total. The molecule has 0 saturated carbocycles. The maximum absolute atomic E-state index is 12.2. The van der Waals surface area contributed by atoms with E-state index in [0.29, 0.717) is 6.54 Å². The molecular formula is C12H20N6O2. The van der Waals surface area contributed by atoms with E-state index >= 15 is 0 Å². The van der Waals surface area contributed by atoms with Crippen LogP contribution in [0.1, 0.15) is 36.3 Å². The molecule has 1 saturated heterocycles. The van der Waals surface area contributed by atoms with Gasteiger partial charge < -0.3 is 16.0 Å². The van der Waals surface area contributed by atoms with Gasteiger partial charge in [0.25, 0.3) is 5.91 Å². The van der Waals surface area contributed by atoms with Gasteiger partial charge in [-0.2, -0.15) is 0 Å². The van der Waals surface area contributed by atoms with Crippen LogP contribution < -0.4 is 11.1 Å². The lowest BCUT2D eigenvalue weighted by Crippen LogP contribution is -2.38. The topological polar surface area (TPSA) is 106 Å². The van der Waals surface area contributed by atoms with E-state index in [1.807, 2.05) is 0 Å². The minimum atomic E-state index is -0.536. The molecule has 2 amide bonds. The van der Waals surface area contributed by atoms with Gasteiger partial charge in [0, 0.05) is 6.54 Å². The summed E-state index contributed by atoms with van der Waals surface area (Å²) in [5, 5.41) is 11.2. The van der Waals surface area contributed by atoms with Crippen LogP contribution in [0.2, 0.25) is 0 Å². The Bertz CT molecular complexity index is 480. The minimum Gasteiger partial charge on any atom is -0.368 e. The Morgan fingerprint density at radius 1 is 1.50 bits per heavy atom. The fourth-order valence-electron chi connectivity index (χ4n) is 2.30. The first-order chi connectivity index (χ1) is 9.61. The van der Waals surface area contributed by atoms with E-state index in [-0.39, 0.29) is 24.2 Å². The standard InChI is InChI=1S/C12H20N6O2/c1-2-17(8-11(13)19)12(20)10-7-18(16-15-10)9-3-5-14-6-4-9/h7,9,14H,2-6,8H2,1H3,(H2,13,19). The lowest BCUT2D eigenvalue weighted by Gasteiger charge is -2.22. The van der Waals surface area contributed by atoms with Crippen molar-refractivity contribution < 1.29 is 9.59 Å². The molecule has 0 atom stereocenters. The van der Waals surface area contributed by atoms with Gasteiger partial charge in [0.2, 0.25) is 5.91 Å². The first-order valence-corrected chi connectivity index (χ1v) is 6.82. The summed E-state index contributed by atoms with van der Waals surface area (Å²) in [7, 11) is 0. The molecule has 8 heteroatoms. The van der Waals surface area contributed by atoms with E-state index < -0.39 is 5.91 Å². The molecule has 0 aliphatic carbocycles. The molecule has 1 fully saturated rings. The lowest BCUT2D eigenvalue weighted by molar-refractivity contribution is -0.118. The summed E-state index contributed by atoms with van der Waals surface area (Å²) in [6, 6.07) is 0.275. The summed E-state index contributed by atoms with van der Waals surface area (Å²) in [6.07, 6.45) is 3.59. The highest BCUT2D eigenvalue weighted by molar-refractivity contribution is 5.94. The third-order valence-electron chi connectivity index (χ3n) is 3.43. The average Bonchev–Trinajstić information content (AvgIpc) is 2.94. The van der Waals surface area contributed by atoms with Crippen molar-refractivity contribution >= 4 is 11.8 Å². The van der Waals surface area contributed by atoms with Crippen molar-refractivity contribution in [3.05, 3.63) is 11.9 Å². The summed E-state index contributed by atoms with van der Waals surface area (Å²) in [5.41, 5.74) is 5.38. The highest BCUT2D eigenvalue weighted by atomic mass is 16.2. The van der Waals surface area contributed by atoms with E-state index in [1.54, 1.807) is 17.8 Å². The molecule has 1 aromatic heterocycles. The van der Waals surface area contributed by atoms with Crippen LogP contribution in [0, 0.1) is 0 Å². The second kappa shape index (κ2) is 6.47. The number of amides is 2. The zero-order chi connectivity index (χ0) is 14.5. The molecule has 2 rings (SSSR count). The quantitative estimate of drug-likeness (QED) is 0.730. The van der Waals surface area contributed by atoms with E-state index in [0.717, 1.165) is 25.9 Å². The largest absolute Gasteiger partial charge is 0.368 e. The third-order valence-corrected chi connectivity index (χ3v) is 3.43. The molecule has 1 aliphatic rings. The van der Waals surface area contributed by atoms with Crippen LogP contribution in [0.5, 0.6) is 0 Å². The Labute approximate surface area is 117 Å². The molecule has 110 valence electrons. The van der Waals surface area contributed by atoms with Crippen molar-refractivity contribution in [3.63, 3.8) is 0 Å². The fraction of sp³-hybridized carbons (Fsp3) is 0.667. The summed E-state index contributed by atoms with van der Waals surface area (Å²) < 4.78 is 1.74. The number of hydrogen-bond acceptors (Lipinski definition) is 5. The van der Waals surface area contributed by atoms with Crippen molar-refractivity contribution in [2.45, 2.75) is 25.8 Å². The molecule has 3 N–H and O–H groups in total. The molecule has 2 heterocycles. The second-order valence-corrected chi connectivity index (χ2v) is 4.85. The van der Waals surface area contributed by atoms with Gasteiger partial charge in [0.1, 0.15) is 0 Å². The van der Waals surface area contributed by atoms with Gasteiger partial charge in [0.05, 0.1) is 18.8 Å². The molecule has 0 radical (unpaired) electrons. The maximum Gasteiger partial charge on any atom is 0.276 e. The van der Waals surface area contributed by atoms with Gasteiger partial charge >= 0.3 is 0 Å². The number of carbonyl (C=O) groups is 2. The molecule has 1 aromatic rings. The smallest absolute Gasteiger partial charge is 0.276 e. The van der Waals surface area contributed by atoms with Gasteiger partial charge in [-0.25, -0.2) is 4.68 Å². The maximum atomic E-state index is 12.2.